The summed E-state index contributed by atoms with van der Waals surface area (Å²) in [5.41, 5.74) is -1.05. The SMILES string of the molecule is O=C(Nc1cc(NC(=O)C2CCCCC2)cc(C(F)(F)F)c1)c1ccc(F)cc1. The van der Waals surface area contributed by atoms with Gasteiger partial charge in [0.05, 0.1) is 5.56 Å². The number of halogens is 4. The van der Waals surface area contributed by atoms with Crippen LogP contribution < -0.4 is 10.6 Å². The van der Waals surface area contributed by atoms with E-state index in [0.29, 0.717) is 12.8 Å². The van der Waals surface area contributed by atoms with Crippen molar-refractivity contribution in [3.8, 4) is 0 Å². The summed E-state index contributed by atoms with van der Waals surface area (Å²) in [4.78, 5) is 24.7. The predicted octanol–water partition coefficient (Wildman–Crippen LogP) is 5.62. The third-order valence-electron chi connectivity index (χ3n) is 4.87. The lowest BCUT2D eigenvalue weighted by Gasteiger charge is -2.21. The minimum Gasteiger partial charge on any atom is -0.326 e. The Labute approximate surface area is 165 Å². The molecule has 2 aromatic carbocycles. The molecule has 154 valence electrons. The number of carbonyl (C=O) groups excluding carboxylic acids is 2. The summed E-state index contributed by atoms with van der Waals surface area (Å²) in [6, 6.07) is 7.52. The van der Waals surface area contributed by atoms with Gasteiger partial charge in [-0.25, -0.2) is 4.39 Å². The lowest BCUT2D eigenvalue weighted by atomic mass is 9.88. The summed E-state index contributed by atoms with van der Waals surface area (Å²) in [7, 11) is 0. The lowest BCUT2D eigenvalue weighted by Crippen LogP contribution is -2.25. The number of hydrogen-bond donors (Lipinski definition) is 2. The maximum absolute atomic E-state index is 13.3. The molecule has 0 aromatic heterocycles. The zero-order valence-corrected chi connectivity index (χ0v) is 15.5. The molecule has 2 aromatic rings. The van der Waals surface area contributed by atoms with E-state index in [1.165, 1.54) is 18.2 Å². The van der Waals surface area contributed by atoms with E-state index in [4.69, 9.17) is 0 Å². The standard InChI is InChI=1S/C21H20F4N2O2/c22-16-8-6-14(7-9-16)20(29)27-18-11-15(21(23,24)25)10-17(12-18)26-19(28)13-4-2-1-3-5-13/h6-13H,1-5H2,(H,26,28)(H,27,29). The van der Waals surface area contributed by atoms with E-state index in [9.17, 15) is 27.2 Å². The fraction of sp³-hybridized carbons (Fsp3) is 0.333. The molecule has 0 aliphatic heterocycles. The van der Waals surface area contributed by atoms with Crippen molar-refractivity contribution in [2.45, 2.75) is 38.3 Å². The van der Waals surface area contributed by atoms with Crippen LogP contribution in [0.25, 0.3) is 0 Å². The van der Waals surface area contributed by atoms with E-state index in [2.05, 4.69) is 10.6 Å². The monoisotopic (exact) mass is 408 g/mol. The molecule has 0 atom stereocenters. The summed E-state index contributed by atoms with van der Waals surface area (Å²) in [6.45, 7) is 0. The molecule has 8 heteroatoms. The van der Waals surface area contributed by atoms with Crippen LogP contribution in [0.2, 0.25) is 0 Å². The summed E-state index contributed by atoms with van der Waals surface area (Å²) < 4.78 is 52.8. The van der Waals surface area contributed by atoms with Gasteiger partial charge in [-0.15, -0.1) is 0 Å². The Morgan fingerprint density at radius 3 is 2.03 bits per heavy atom. The predicted molar refractivity (Wildman–Crippen MR) is 101 cm³/mol. The number of hydrogen-bond acceptors (Lipinski definition) is 2. The van der Waals surface area contributed by atoms with E-state index in [1.54, 1.807) is 0 Å². The van der Waals surface area contributed by atoms with Crippen molar-refractivity contribution in [3.05, 3.63) is 59.4 Å². The van der Waals surface area contributed by atoms with Crippen molar-refractivity contribution < 1.29 is 27.2 Å². The molecule has 2 N–H and O–H groups in total. The van der Waals surface area contributed by atoms with Gasteiger partial charge >= 0.3 is 6.18 Å². The summed E-state index contributed by atoms with van der Waals surface area (Å²) in [5.74, 6) is -1.77. The minimum atomic E-state index is -4.65. The Hall–Kier alpha value is -2.90. The average Bonchev–Trinajstić information content (AvgIpc) is 2.68. The molecule has 2 amide bonds. The van der Waals surface area contributed by atoms with E-state index in [0.717, 1.165) is 43.5 Å². The highest BCUT2D eigenvalue weighted by Gasteiger charge is 2.32. The fourth-order valence-electron chi connectivity index (χ4n) is 3.35. The largest absolute Gasteiger partial charge is 0.416 e. The first kappa shape index (κ1) is 20.8. The Kier molecular flexibility index (Phi) is 6.20. The third kappa shape index (κ3) is 5.56. The van der Waals surface area contributed by atoms with Crippen LogP contribution in [0.15, 0.2) is 42.5 Å². The topological polar surface area (TPSA) is 58.2 Å². The first-order chi connectivity index (χ1) is 13.7. The molecule has 1 fully saturated rings. The minimum absolute atomic E-state index is 0.0372. The van der Waals surface area contributed by atoms with Crippen LogP contribution in [0.4, 0.5) is 28.9 Å². The number of anilines is 2. The second-order valence-electron chi connectivity index (χ2n) is 7.08. The Balaban J connectivity index is 1.82. The van der Waals surface area contributed by atoms with E-state index in [1.807, 2.05) is 0 Å². The molecule has 4 nitrogen and oxygen atoms in total. The van der Waals surface area contributed by atoms with Gasteiger partial charge in [-0.05, 0) is 55.3 Å². The molecule has 0 heterocycles. The van der Waals surface area contributed by atoms with Gasteiger partial charge < -0.3 is 10.6 Å². The Morgan fingerprint density at radius 2 is 1.45 bits per heavy atom. The molecule has 0 radical (unpaired) electrons. The second-order valence-corrected chi connectivity index (χ2v) is 7.08. The van der Waals surface area contributed by atoms with E-state index >= 15 is 0 Å². The van der Waals surface area contributed by atoms with Gasteiger partial charge in [0, 0.05) is 22.9 Å². The van der Waals surface area contributed by atoms with Crippen molar-refractivity contribution in [3.63, 3.8) is 0 Å². The maximum atomic E-state index is 13.3. The van der Waals surface area contributed by atoms with Gasteiger partial charge in [-0.1, -0.05) is 19.3 Å². The van der Waals surface area contributed by atoms with Crippen LogP contribution in [0.3, 0.4) is 0 Å². The first-order valence-corrected chi connectivity index (χ1v) is 9.32. The van der Waals surface area contributed by atoms with Gasteiger partial charge in [0.25, 0.3) is 5.91 Å². The molecule has 3 rings (SSSR count). The fourth-order valence-corrected chi connectivity index (χ4v) is 3.35. The molecule has 29 heavy (non-hydrogen) atoms. The van der Waals surface area contributed by atoms with Crippen LogP contribution in [0, 0.1) is 11.7 Å². The Morgan fingerprint density at radius 1 is 0.862 bits per heavy atom. The van der Waals surface area contributed by atoms with E-state index in [-0.39, 0.29) is 28.8 Å². The van der Waals surface area contributed by atoms with Crippen molar-refractivity contribution in [1.29, 1.82) is 0 Å². The highest BCUT2D eigenvalue weighted by atomic mass is 19.4. The van der Waals surface area contributed by atoms with Gasteiger partial charge in [0.2, 0.25) is 5.91 Å². The average molecular weight is 408 g/mol. The number of benzene rings is 2. The number of carbonyl (C=O) groups is 2. The summed E-state index contributed by atoms with van der Waals surface area (Å²) >= 11 is 0. The summed E-state index contributed by atoms with van der Waals surface area (Å²) in [5, 5.41) is 4.92. The lowest BCUT2D eigenvalue weighted by molar-refractivity contribution is -0.137. The van der Waals surface area contributed by atoms with Crippen molar-refractivity contribution in [2.75, 3.05) is 10.6 Å². The molecule has 0 bridgehead atoms. The molecule has 1 aliphatic carbocycles. The van der Waals surface area contributed by atoms with Gasteiger partial charge in [-0.2, -0.15) is 13.2 Å². The molecule has 1 aliphatic rings. The number of nitrogens with one attached hydrogen (secondary N) is 2. The number of rotatable bonds is 4. The van der Waals surface area contributed by atoms with Gasteiger partial charge in [0.1, 0.15) is 5.82 Å². The quantitative estimate of drug-likeness (QED) is 0.646. The van der Waals surface area contributed by atoms with Crippen LogP contribution in [0.5, 0.6) is 0 Å². The van der Waals surface area contributed by atoms with Gasteiger partial charge in [-0.3, -0.25) is 9.59 Å². The summed E-state index contributed by atoms with van der Waals surface area (Å²) in [6.07, 6.45) is -0.356. The molecule has 1 saturated carbocycles. The normalized spacial score (nSPS) is 15.0. The third-order valence-corrected chi connectivity index (χ3v) is 4.87. The highest BCUT2D eigenvalue weighted by molar-refractivity contribution is 6.04. The Bertz CT molecular complexity index is 889. The van der Waals surface area contributed by atoms with E-state index < -0.39 is 23.5 Å². The zero-order valence-electron chi connectivity index (χ0n) is 15.5. The molecule has 0 saturated heterocycles. The molecular weight excluding hydrogens is 388 g/mol. The number of alkyl halides is 3. The van der Waals surface area contributed by atoms with Crippen molar-refractivity contribution in [1.82, 2.24) is 0 Å². The second kappa shape index (κ2) is 8.63. The highest BCUT2D eigenvalue weighted by Crippen LogP contribution is 2.34. The van der Waals surface area contributed by atoms with Crippen LogP contribution >= 0.6 is 0 Å². The zero-order chi connectivity index (χ0) is 21.0. The van der Waals surface area contributed by atoms with Crippen molar-refractivity contribution in [2.24, 2.45) is 5.92 Å². The van der Waals surface area contributed by atoms with Crippen LogP contribution in [-0.4, -0.2) is 11.8 Å². The van der Waals surface area contributed by atoms with Gasteiger partial charge in [0.15, 0.2) is 0 Å². The first-order valence-electron chi connectivity index (χ1n) is 9.32. The molecule has 0 spiro atoms. The van der Waals surface area contributed by atoms with Crippen LogP contribution in [0.1, 0.15) is 48.0 Å². The molecule has 0 unspecified atom stereocenters. The number of amides is 2. The maximum Gasteiger partial charge on any atom is 0.416 e. The molecular formula is C21H20F4N2O2. The smallest absolute Gasteiger partial charge is 0.326 e. The van der Waals surface area contributed by atoms with Crippen molar-refractivity contribution >= 4 is 23.2 Å². The van der Waals surface area contributed by atoms with Crippen LogP contribution in [-0.2, 0) is 11.0 Å².